The van der Waals surface area contributed by atoms with E-state index < -0.39 is 0 Å². The number of hydrogen-bond acceptors (Lipinski definition) is 1. The van der Waals surface area contributed by atoms with Crippen LogP contribution in [0.2, 0.25) is 0 Å². The van der Waals surface area contributed by atoms with E-state index in [1.807, 2.05) is 55.5 Å². The summed E-state index contributed by atoms with van der Waals surface area (Å²) in [6, 6.07) is 24.3. The van der Waals surface area contributed by atoms with Crippen LogP contribution in [0.4, 0.5) is 0 Å². The molecule has 0 saturated carbocycles. The van der Waals surface area contributed by atoms with E-state index in [0.717, 1.165) is 11.1 Å². The van der Waals surface area contributed by atoms with Gasteiger partial charge < -0.3 is 5.32 Å². The van der Waals surface area contributed by atoms with Crippen LogP contribution in [-0.2, 0) is 11.2 Å². The van der Waals surface area contributed by atoms with Crippen LogP contribution in [0, 0.1) is 0 Å². The lowest BCUT2D eigenvalue weighted by Crippen LogP contribution is -2.28. The summed E-state index contributed by atoms with van der Waals surface area (Å²) in [5.74, 6) is 0.0478. The Morgan fingerprint density at radius 3 is 2.41 bits per heavy atom. The average Bonchev–Trinajstić information content (AvgIpc) is 2.55. The number of nitrogens with one attached hydrogen (secondary N) is 1. The number of carbonyl (C=O) groups is 1. The smallest absolute Gasteiger partial charge is 0.224 e. The van der Waals surface area contributed by atoms with Gasteiger partial charge in [0.2, 0.25) is 5.91 Å². The standard InChI is InChI=1S/C20H19NO/c1-15(21-20(22)14-16-8-3-2-4-9-16)18-13-7-11-17-10-5-6-12-19(17)18/h2-13,15H,14H2,1H3,(H,21,22). The SMILES string of the molecule is CC(NC(=O)Cc1ccccc1)c1cccc2ccccc12. The van der Waals surface area contributed by atoms with E-state index in [0.29, 0.717) is 6.42 Å². The van der Waals surface area contributed by atoms with Crippen LogP contribution in [-0.4, -0.2) is 5.91 Å². The third-order valence-electron chi connectivity index (χ3n) is 3.87. The van der Waals surface area contributed by atoms with Crippen molar-refractivity contribution in [3.8, 4) is 0 Å². The first kappa shape index (κ1) is 14.3. The largest absolute Gasteiger partial charge is 0.349 e. The highest BCUT2D eigenvalue weighted by atomic mass is 16.1. The second-order valence-corrected chi connectivity index (χ2v) is 5.52. The number of benzene rings is 3. The van der Waals surface area contributed by atoms with Gasteiger partial charge in [0.1, 0.15) is 0 Å². The molecule has 0 aliphatic heterocycles. The van der Waals surface area contributed by atoms with E-state index >= 15 is 0 Å². The van der Waals surface area contributed by atoms with Gasteiger partial charge in [-0.2, -0.15) is 0 Å². The van der Waals surface area contributed by atoms with Crippen LogP contribution >= 0.6 is 0 Å². The first-order chi connectivity index (χ1) is 10.7. The summed E-state index contributed by atoms with van der Waals surface area (Å²) in [6.45, 7) is 2.03. The molecule has 1 unspecified atom stereocenters. The lowest BCUT2D eigenvalue weighted by atomic mass is 9.99. The van der Waals surface area contributed by atoms with Crippen molar-refractivity contribution in [3.05, 3.63) is 83.9 Å². The molecule has 0 aliphatic carbocycles. The molecule has 0 heterocycles. The van der Waals surface area contributed by atoms with E-state index in [1.165, 1.54) is 10.8 Å². The summed E-state index contributed by atoms with van der Waals surface area (Å²) < 4.78 is 0. The van der Waals surface area contributed by atoms with Gasteiger partial charge in [-0.05, 0) is 28.8 Å². The summed E-state index contributed by atoms with van der Waals surface area (Å²) in [6.07, 6.45) is 0.413. The average molecular weight is 289 g/mol. The Labute approximate surface area is 130 Å². The zero-order valence-electron chi connectivity index (χ0n) is 12.6. The molecule has 1 N–H and O–H groups in total. The Balaban J connectivity index is 1.76. The number of carbonyl (C=O) groups excluding carboxylic acids is 1. The van der Waals surface area contributed by atoms with Crippen molar-refractivity contribution in [2.45, 2.75) is 19.4 Å². The van der Waals surface area contributed by atoms with Crippen LogP contribution in [0.15, 0.2) is 72.8 Å². The Morgan fingerprint density at radius 2 is 1.59 bits per heavy atom. The fourth-order valence-electron chi connectivity index (χ4n) is 2.78. The van der Waals surface area contributed by atoms with Gasteiger partial charge in [0, 0.05) is 0 Å². The highest BCUT2D eigenvalue weighted by Crippen LogP contribution is 2.24. The van der Waals surface area contributed by atoms with Crippen LogP contribution in [0.3, 0.4) is 0 Å². The van der Waals surface area contributed by atoms with Crippen molar-refractivity contribution < 1.29 is 4.79 Å². The molecule has 3 aromatic carbocycles. The highest BCUT2D eigenvalue weighted by Gasteiger charge is 2.12. The van der Waals surface area contributed by atoms with E-state index in [9.17, 15) is 4.79 Å². The molecule has 0 aromatic heterocycles. The Kier molecular flexibility index (Phi) is 4.19. The molecule has 2 heteroatoms. The predicted molar refractivity (Wildman–Crippen MR) is 90.7 cm³/mol. The Morgan fingerprint density at radius 1 is 0.909 bits per heavy atom. The van der Waals surface area contributed by atoms with Gasteiger partial charge in [0.25, 0.3) is 0 Å². The molecule has 22 heavy (non-hydrogen) atoms. The minimum Gasteiger partial charge on any atom is -0.349 e. The maximum absolute atomic E-state index is 12.2. The molecule has 1 amide bonds. The van der Waals surface area contributed by atoms with Crippen LogP contribution in [0.25, 0.3) is 10.8 Å². The molecule has 0 bridgehead atoms. The Bertz CT molecular complexity index is 775. The molecule has 3 aromatic rings. The molecule has 0 fully saturated rings. The monoisotopic (exact) mass is 289 g/mol. The van der Waals surface area contributed by atoms with Crippen molar-refractivity contribution >= 4 is 16.7 Å². The van der Waals surface area contributed by atoms with Gasteiger partial charge in [-0.3, -0.25) is 4.79 Å². The summed E-state index contributed by atoms with van der Waals surface area (Å²) in [5, 5.41) is 5.49. The van der Waals surface area contributed by atoms with Crippen molar-refractivity contribution in [1.29, 1.82) is 0 Å². The van der Waals surface area contributed by atoms with Crippen LogP contribution in [0.1, 0.15) is 24.1 Å². The normalized spacial score (nSPS) is 12.0. The van der Waals surface area contributed by atoms with E-state index in [1.54, 1.807) is 0 Å². The molecule has 0 aliphatic rings. The van der Waals surface area contributed by atoms with Gasteiger partial charge >= 0.3 is 0 Å². The molecule has 0 spiro atoms. The topological polar surface area (TPSA) is 29.1 Å². The number of fused-ring (bicyclic) bond motifs is 1. The zero-order chi connectivity index (χ0) is 15.4. The maximum atomic E-state index is 12.2. The zero-order valence-corrected chi connectivity index (χ0v) is 12.6. The fourth-order valence-corrected chi connectivity index (χ4v) is 2.78. The fraction of sp³-hybridized carbons (Fsp3) is 0.150. The molecule has 110 valence electrons. The second-order valence-electron chi connectivity index (χ2n) is 5.52. The van der Waals surface area contributed by atoms with Crippen molar-refractivity contribution in [2.24, 2.45) is 0 Å². The maximum Gasteiger partial charge on any atom is 0.224 e. The van der Waals surface area contributed by atoms with Gasteiger partial charge in [0.05, 0.1) is 12.5 Å². The number of hydrogen-bond donors (Lipinski definition) is 1. The molecule has 1 atom stereocenters. The van der Waals surface area contributed by atoms with Crippen molar-refractivity contribution in [2.75, 3.05) is 0 Å². The summed E-state index contributed by atoms with van der Waals surface area (Å²) in [4.78, 5) is 12.2. The lowest BCUT2D eigenvalue weighted by molar-refractivity contribution is -0.121. The summed E-state index contributed by atoms with van der Waals surface area (Å²) >= 11 is 0. The third-order valence-corrected chi connectivity index (χ3v) is 3.87. The predicted octanol–water partition coefficient (Wildman–Crippen LogP) is 4.26. The van der Waals surface area contributed by atoms with Gasteiger partial charge in [-0.1, -0.05) is 72.8 Å². The van der Waals surface area contributed by atoms with Gasteiger partial charge in [-0.25, -0.2) is 0 Å². The van der Waals surface area contributed by atoms with Crippen molar-refractivity contribution in [1.82, 2.24) is 5.32 Å². The van der Waals surface area contributed by atoms with E-state index in [4.69, 9.17) is 0 Å². The first-order valence-electron chi connectivity index (χ1n) is 7.55. The molecule has 0 saturated heterocycles. The summed E-state index contributed by atoms with van der Waals surface area (Å²) in [5.41, 5.74) is 2.18. The van der Waals surface area contributed by atoms with Gasteiger partial charge in [-0.15, -0.1) is 0 Å². The van der Waals surface area contributed by atoms with E-state index in [-0.39, 0.29) is 11.9 Å². The minimum absolute atomic E-state index is 0.0117. The molecular weight excluding hydrogens is 270 g/mol. The lowest BCUT2D eigenvalue weighted by Gasteiger charge is -2.16. The first-order valence-corrected chi connectivity index (χ1v) is 7.55. The second kappa shape index (κ2) is 6.44. The summed E-state index contributed by atoms with van der Waals surface area (Å²) in [7, 11) is 0. The molecule has 3 rings (SSSR count). The van der Waals surface area contributed by atoms with E-state index in [2.05, 4.69) is 29.6 Å². The molecular formula is C20H19NO. The van der Waals surface area contributed by atoms with Gasteiger partial charge in [0.15, 0.2) is 0 Å². The number of amides is 1. The number of rotatable bonds is 4. The Hall–Kier alpha value is -2.61. The third kappa shape index (κ3) is 3.17. The molecule has 0 radical (unpaired) electrons. The van der Waals surface area contributed by atoms with Crippen LogP contribution < -0.4 is 5.32 Å². The highest BCUT2D eigenvalue weighted by molar-refractivity contribution is 5.87. The molecule has 2 nitrogen and oxygen atoms in total. The van der Waals surface area contributed by atoms with Crippen LogP contribution in [0.5, 0.6) is 0 Å². The quantitative estimate of drug-likeness (QED) is 0.764. The van der Waals surface area contributed by atoms with Crippen molar-refractivity contribution in [3.63, 3.8) is 0 Å². The minimum atomic E-state index is -0.0117.